The van der Waals surface area contributed by atoms with Crippen molar-refractivity contribution < 1.29 is 9.59 Å². The largest absolute Gasteiger partial charge is 0.340 e. The minimum atomic E-state index is 0.00176. The van der Waals surface area contributed by atoms with E-state index < -0.39 is 0 Å². The summed E-state index contributed by atoms with van der Waals surface area (Å²) in [5, 5.41) is 2.91. The second-order valence-electron chi connectivity index (χ2n) is 6.74. The molecule has 0 bridgehead atoms. The van der Waals surface area contributed by atoms with Crippen LogP contribution in [0.25, 0.3) is 0 Å². The molecule has 0 atom stereocenters. The highest BCUT2D eigenvalue weighted by Gasteiger charge is 2.22. The van der Waals surface area contributed by atoms with E-state index in [0.717, 1.165) is 44.7 Å². The van der Waals surface area contributed by atoms with Gasteiger partial charge >= 0.3 is 0 Å². The van der Waals surface area contributed by atoms with Gasteiger partial charge in [0.05, 0.1) is 6.54 Å². The number of carbonyl (C=O) groups excluding carboxylic acids is 2. The molecule has 5 heteroatoms. The Kier molecular flexibility index (Phi) is 8.46. The molecule has 1 saturated heterocycles. The van der Waals surface area contributed by atoms with E-state index in [9.17, 15) is 9.59 Å². The maximum absolute atomic E-state index is 12.2. The van der Waals surface area contributed by atoms with Gasteiger partial charge in [0, 0.05) is 38.3 Å². The number of para-hydroxylation sites is 1. The molecule has 2 rings (SSSR count). The smallest absolute Gasteiger partial charge is 0.238 e. The Balaban J connectivity index is 1.62. The maximum Gasteiger partial charge on any atom is 0.238 e. The van der Waals surface area contributed by atoms with Crippen molar-refractivity contribution in [2.24, 2.45) is 0 Å². The summed E-state index contributed by atoms with van der Waals surface area (Å²) in [4.78, 5) is 28.4. The fraction of sp³-hybridized carbons (Fsp3) is 0.600. The van der Waals surface area contributed by atoms with Crippen LogP contribution in [0.1, 0.15) is 45.4 Å². The second kappa shape index (κ2) is 10.9. The van der Waals surface area contributed by atoms with Crippen LogP contribution in [0, 0.1) is 0 Å². The lowest BCUT2D eigenvalue weighted by atomic mass is 10.1. The van der Waals surface area contributed by atoms with Gasteiger partial charge in [-0.3, -0.25) is 14.5 Å². The Morgan fingerprint density at radius 1 is 0.960 bits per heavy atom. The van der Waals surface area contributed by atoms with E-state index >= 15 is 0 Å². The summed E-state index contributed by atoms with van der Waals surface area (Å²) in [7, 11) is 0. The highest BCUT2D eigenvalue weighted by atomic mass is 16.2. The number of unbranched alkanes of at least 4 members (excludes halogenated alkanes) is 4. The topological polar surface area (TPSA) is 52.7 Å². The van der Waals surface area contributed by atoms with E-state index in [0.29, 0.717) is 13.0 Å². The van der Waals surface area contributed by atoms with Crippen molar-refractivity contribution >= 4 is 17.5 Å². The first-order valence-corrected chi connectivity index (χ1v) is 9.54. The van der Waals surface area contributed by atoms with Crippen LogP contribution in [0.3, 0.4) is 0 Å². The van der Waals surface area contributed by atoms with E-state index in [1.54, 1.807) is 0 Å². The van der Waals surface area contributed by atoms with E-state index in [1.165, 1.54) is 19.3 Å². The lowest BCUT2D eigenvalue weighted by molar-refractivity contribution is -0.133. The van der Waals surface area contributed by atoms with Gasteiger partial charge in [-0.1, -0.05) is 50.8 Å². The number of amides is 2. The minimum Gasteiger partial charge on any atom is -0.340 e. The van der Waals surface area contributed by atoms with Crippen LogP contribution in [-0.2, 0) is 9.59 Å². The molecular weight excluding hydrogens is 314 g/mol. The van der Waals surface area contributed by atoms with Crippen molar-refractivity contribution in [3.8, 4) is 0 Å². The van der Waals surface area contributed by atoms with Gasteiger partial charge in [-0.2, -0.15) is 0 Å². The Labute approximate surface area is 151 Å². The number of benzene rings is 1. The standard InChI is InChI=1S/C20H31N3O2/c1-2-3-4-5-9-12-20(25)23-15-13-22(14-16-23)17-19(24)21-18-10-7-6-8-11-18/h6-8,10-11H,2-5,9,12-17H2,1H3,(H,21,24). The molecule has 0 saturated carbocycles. The van der Waals surface area contributed by atoms with Gasteiger partial charge in [-0.25, -0.2) is 0 Å². The molecule has 1 N–H and O–H groups in total. The molecule has 0 radical (unpaired) electrons. The van der Waals surface area contributed by atoms with Crippen molar-refractivity contribution in [1.29, 1.82) is 0 Å². The molecule has 1 fully saturated rings. The number of rotatable bonds is 9. The summed E-state index contributed by atoms with van der Waals surface area (Å²) in [6.07, 6.45) is 6.54. The van der Waals surface area contributed by atoms with Crippen molar-refractivity contribution in [3.05, 3.63) is 30.3 Å². The predicted molar refractivity (Wildman–Crippen MR) is 101 cm³/mol. The fourth-order valence-corrected chi connectivity index (χ4v) is 3.12. The second-order valence-corrected chi connectivity index (χ2v) is 6.74. The zero-order chi connectivity index (χ0) is 17.9. The maximum atomic E-state index is 12.2. The molecule has 1 aromatic rings. The van der Waals surface area contributed by atoms with Gasteiger partial charge in [0.1, 0.15) is 0 Å². The third-order valence-corrected chi connectivity index (χ3v) is 4.64. The summed E-state index contributed by atoms with van der Waals surface area (Å²) in [6, 6.07) is 9.50. The zero-order valence-electron chi connectivity index (χ0n) is 15.4. The summed E-state index contributed by atoms with van der Waals surface area (Å²) in [5.74, 6) is 0.270. The average molecular weight is 345 g/mol. The number of nitrogens with zero attached hydrogens (tertiary/aromatic N) is 2. The summed E-state index contributed by atoms with van der Waals surface area (Å²) in [6.45, 7) is 5.57. The molecule has 1 aliphatic heterocycles. The molecule has 5 nitrogen and oxygen atoms in total. The third kappa shape index (κ3) is 7.26. The SMILES string of the molecule is CCCCCCCC(=O)N1CCN(CC(=O)Nc2ccccc2)CC1. The lowest BCUT2D eigenvalue weighted by Crippen LogP contribution is -2.50. The van der Waals surface area contributed by atoms with Crippen LogP contribution >= 0.6 is 0 Å². The zero-order valence-corrected chi connectivity index (χ0v) is 15.4. The number of carbonyl (C=O) groups is 2. The molecule has 1 aromatic carbocycles. The van der Waals surface area contributed by atoms with E-state index in [1.807, 2.05) is 35.2 Å². The molecule has 138 valence electrons. The fourth-order valence-electron chi connectivity index (χ4n) is 3.12. The summed E-state index contributed by atoms with van der Waals surface area (Å²) in [5.41, 5.74) is 0.824. The van der Waals surface area contributed by atoms with Crippen LogP contribution in [0.4, 0.5) is 5.69 Å². The Hall–Kier alpha value is -1.88. The summed E-state index contributed by atoms with van der Waals surface area (Å²) >= 11 is 0. The number of hydrogen-bond acceptors (Lipinski definition) is 3. The van der Waals surface area contributed by atoms with Gasteiger partial charge in [0.15, 0.2) is 0 Å². The van der Waals surface area contributed by atoms with Gasteiger partial charge < -0.3 is 10.2 Å². The van der Waals surface area contributed by atoms with Gasteiger partial charge in [-0.15, -0.1) is 0 Å². The van der Waals surface area contributed by atoms with Gasteiger partial charge in [0.2, 0.25) is 11.8 Å². The number of nitrogens with one attached hydrogen (secondary N) is 1. The molecule has 25 heavy (non-hydrogen) atoms. The molecule has 2 amide bonds. The highest BCUT2D eigenvalue weighted by molar-refractivity contribution is 5.92. The number of hydrogen-bond donors (Lipinski definition) is 1. The monoisotopic (exact) mass is 345 g/mol. The van der Waals surface area contributed by atoms with Crippen molar-refractivity contribution in [3.63, 3.8) is 0 Å². The molecule has 0 spiro atoms. The van der Waals surface area contributed by atoms with Crippen LogP contribution in [0.15, 0.2) is 30.3 Å². The Morgan fingerprint density at radius 2 is 1.64 bits per heavy atom. The normalized spacial score (nSPS) is 15.2. The lowest BCUT2D eigenvalue weighted by Gasteiger charge is -2.34. The van der Waals surface area contributed by atoms with E-state index in [4.69, 9.17) is 0 Å². The predicted octanol–water partition coefficient (Wildman–Crippen LogP) is 3.13. The molecular formula is C20H31N3O2. The summed E-state index contributed by atoms with van der Waals surface area (Å²) < 4.78 is 0. The molecule has 1 heterocycles. The molecule has 0 aliphatic carbocycles. The number of piperazine rings is 1. The van der Waals surface area contributed by atoms with Gasteiger partial charge in [0.25, 0.3) is 0 Å². The Bertz CT molecular complexity index is 525. The first-order valence-electron chi connectivity index (χ1n) is 9.54. The van der Waals surface area contributed by atoms with Crippen LogP contribution in [0.2, 0.25) is 0 Å². The van der Waals surface area contributed by atoms with E-state index in [2.05, 4.69) is 17.1 Å². The highest BCUT2D eigenvalue weighted by Crippen LogP contribution is 2.10. The molecule has 0 aromatic heterocycles. The first-order chi connectivity index (χ1) is 12.2. The Morgan fingerprint density at radius 3 is 2.32 bits per heavy atom. The molecule has 1 aliphatic rings. The van der Waals surface area contributed by atoms with Crippen molar-refractivity contribution in [1.82, 2.24) is 9.80 Å². The quantitative estimate of drug-likeness (QED) is 0.700. The van der Waals surface area contributed by atoms with Crippen LogP contribution in [-0.4, -0.2) is 54.3 Å². The van der Waals surface area contributed by atoms with Crippen molar-refractivity contribution in [2.75, 3.05) is 38.0 Å². The van der Waals surface area contributed by atoms with Gasteiger partial charge in [-0.05, 0) is 18.6 Å². The first kappa shape index (κ1) is 19.4. The van der Waals surface area contributed by atoms with Crippen molar-refractivity contribution in [2.45, 2.75) is 45.4 Å². The number of anilines is 1. The average Bonchev–Trinajstić information content (AvgIpc) is 2.63. The van der Waals surface area contributed by atoms with Crippen LogP contribution < -0.4 is 5.32 Å². The molecule has 0 unspecified atom stereocenters. The van der Waals surface area contributed by atoms with Crippen LogP contribution in [0.5, 0.6) is 0 Å². The van der Waals surface area contributed by atoms with E-state index in [-0.39, 0.29) is 11.8 Å². The minimum absolute atomic E-state index is 0.00176. The third-order valence-electron chi connectivity index (χ3n) is 4.64.